The van der Waals surface area contributed by atoms with E-state index in [9.17, 15) is 26.4 Å². The number of amides is 1. The zero-order chi connectivity index (χ0) is 26.8. The van der Waals surface area contributed by atoms with Crippen molar-refractivity contribution in [2.75, 3.05) is 28.2 Å². The highest BCUT2D eigenvalue weighted by molar-refractivity contribution is 7.92. The van der Waals surface area contributed by atoms with Crippen LogP contribution in [0.1, 0.15) is 30.4 Å². The first-order valence-electron chi connectivity index (χ1n) is 11.4. The molecule has 0 aliphatic heterocycles. The van der Waals surface area contributed by atoms with Gasteiger partial charge in [-0.15, -0.1) is 0 Å². The first-order chi connectivity index (χ1) is 17.4. The summed E-state index contributed by atoms with van der Waals surface area (Å²) in [6.45, 7) is -0.186. The molecule has 1 saturated carbocycles. The molecular formula is C23H26F3N7O3S. The third-order valence-corrected chi connectivity index (χ3v) is 6.96. The predicted molar refractivity (Wildman–Crippen MR) is 132 cm³/mol. The second kappa shape index (κ2) is 10.4. The van der Waals surface area contributed by atoms with Gasteiger partial charge in [0.15, 0.2) is 0 Å². The molecular weight excluding hydrogens is 511 g/mol. The average molecular weight is 538 g/mol. The summed E-state index contributed by atoms with van der Waals surface area (Å²) in [6.07, 6.45) is 5.94. The van der Waals surface area contributed by atoms with Crippen LogP contribution >= 0.6 is 0 Å². The van der Waals surface area contributed by atoms with Crippen LogP contribution in [0, 0.1) is 5.92 Å². The van der Waals surface area contributed by atoms with E-state index in [1.54, 1.807) is 30.4 Å². The van der Waals surface area contributed by atoms with Crippen LogP contribution in [0.25, 0.3) is 0 Å². The Morgan fingerprint density at radius 1 is 1.24 bits per heavy atom. The molecule has 0 spiro atoms. The van der Waals surface area contributed by atoms with E-state index in [-0.39, 0.29) is 30.3 Å². The summed E-state index contributed by atoms with van der Waals surface area (Å²) < 4.78 is 65.9. The second-order valence-corrected chi connectivity index (χ2v) is 10.8. The van der Waals surface area contributed by atoms with E-state index in [4.69, 9.17) is 0 Å². The monoisotopic (exact) mass is 537 g/mol. The highest BCUT2D eigenvalue weighted by Gasteiger charge is 2.35. The molecule has 2 aliphatic rings. The van der Waals surface area contributed by atoms with Crippen molar-refractivity contribution < 1.29 is 26.4 Å². The Bertz CT molecular complexity index is 1340. The van der Waals surface area contributed by atoms with Crippen molar-refractivity contribution >= 4 is 33.5 Å². The quantitative estimate of drug-likeness (QED) is 0.445. The SMILES string of the molecule is CN(c1ncccc1CNc1nc(NC2=CC(C(=O)NC3CC3)CC=C2)ncc1C(F)(F)F)S(C)(=O)=O. The van der Waals surface area contributed by atoms with Gasteiger partial charge in [0.1, 0.15) is 17.2 Å². The molecule has 1 fully saturated rings. The molecule has 10 nitrogen and oxygen atoms in total. The minimum absolute atomic E-state index is 0.0754. The highest BCUT2D eigenvalue weighted by Crippen LogP contribution is 2.34. The van der Waals surface area contributed by atoms with E-state index in [0.717, 1.165) is 23.4 Å². The lowest BCUT2D eigenvalue weighted by atomic mass is 9.98. The number of rotatable bonds is 9. The number of hydrogen-bond acceptors (Lipinski definition) is 8. The number of sulfonamides is 1. The molecule has 198 valence electrons. The summed E-state index contributed by atoms with van der Waals surface area (Å²) >= 11 is 0. The van der Waals surface area contributed by atoms with Crippen molar-refractivity contribution in [3.8, 4) is 0 Å². The van der Waals surface area contributed by atoms with Crippen molar-refractivity contribution in [1.29, 1.82) is 0 Å². The van der Waals surface area contributed by atoms with Gasteiger partial charge in [-0.3, -0.25) is 9.10 Å². The Morgan fingerprint density at radius 2 is 2.00 bits per heavy atom. The Morgan fingerprint density at radius 3 is 2.68 bits per heavy atom. The summed E-state index contributed by atoms with van der Waals surface area (Å²) in [7, 11) is -2.34. The van der Waals surface area contributed by atoms with Crippen molar-refractivity contribution in [3.63, 3.8) is 0 Å². The molecule has 0 saturated heterocycles. The summed E-state index contributed by atoms with van der Waals surface area (Å²) in [5.41, 5.74) is -0.258. The Balaban J connectivity index is 1.55. The number of allylic oxidation sites excluding steroid dienone is 2. The minimum atomic E-state index is -4.74. The largest absolute Gasteiger partial charge is 0.421 e. The first kappa shape index (κ1) is 26.4. The third kappa shape index (κ3) is 6.76. The van der Waals surface area contributed by atoms with Gasteiger partial charge in [0.05, 0.1) is 12.2 Å². The van der Waals surface area contributed by atoms with Crippen LogP contribution in [-0.4, -0.2) is 48.6 Å². The average Bonchev–Trinajstić information content (AvgIpc) is 3.65. The lowest BCUT2D eigenvalue weighted by Crippen LogP contribution is -2.32. The Labute approximate surface area is 212 Å². The van der Waals surface area contributed by atoms with Gasteiger partial charge >= 0.3 is 6.18 Å². The molecule has 3 N–H and O–H groups in total. The van der Waals surface area contributed by atoms with Crippen molar-refractivity contribution in [2.24, 2.45) is 5.92 Å². The van der Waals surface area contributed by atoms with Crippen LogP contribution in [0.4, 0.5) is 30.8 Å². The van der Waals surface area contributed by atoms with Gasteiger partial charge in [0.25, 0.3) is 0 Å². The van der Waals surface area contributed by atoms with Gasteiger partial charge in [0, 0.05) is 43.3 Å². The number of nitrogens with zero attached hydrogens (tertiary/aromatic N) is 4. The van der Waals surface area contributed by atoms with E-state index in [1.807, 2.05) is 0 Å². The number of carbonyl (C=O) groups is 1. The first-order valence-corrected chi connectivity index (χ1v) is 13.3. The summed E-state index contributed by atoms with van der Waals surface area (Å²) in [6, 6.07) is 3.31. The van der Waals surface area contributed by atoms with Gasteiger partial charge in [-0.25, -0.2) is 18.4 Å². The predicted octanol–water partition coefficient (Wildman–Crippen LogP) is 3.05. The lowest BCUT2D eigenvalue weighted by Gasteiger charge is -2.20. The molecule has 37 heavy (non-hydrogen) atoms. The number of pyridine rings is 1. The molecule has 0 radical (unpaired) electrons. The standard InChI is InChI=1S/C23H26F3N7O3S/c1-33(37(2,35)36)20-15(6-4-10-27-20)12-28-19-18(23(24,25)26)13-29-22(32-19)31-17-7-3-5-14(11-17)21(34)30-16-8-9-16/h3-4,6-7,10-11,13-14,16H,5,8-9,12H2,1-2H3,(H,30,34)(H2,28,29,31,32). The summed E-state index contributed by atoms with van der Waals surface area (Å²) in [5.74, 6) is -1.03. The van der Waals surface area contributed by atoms with E-state index < -0.39 is 33.5 Å². The fourth-order valence-electron chi connectivity index (χ4n) is 3.59. The van der Waals surface area contributed by atoms with Gasteiger partial charge in [-0.2, -0.15) is 18.2 Å². The number of halogens is 3. The van der Waals surface area contributed by atoms with E-state index in [1.165, 1.54) is 13.2 Å². The van der Waals surface area contributed by atoms with Gasteiger partial charge in [0.2, 0.25) is 21.9 Å². The molecule has 0 bridgehead atoms. The van der Waals surface area contributed by atoms with Crippen LogP contribution in [0.2, 0.25) is 0 Å². The molecule has 1 amide bonds. The number of aromatic nitrogens is 3. The van der Waals surface area contributed by atoms with Gasteiger partial charge < -0.3 is 16.0 Å². The van der Waals surface area contributed by atoms with Crippen LogP contribution < -0.4 is 20.3 Å². The van der Waals surface area contributed by atoms with Crippen LogP contribution in [0.5, 0.6) is 0 Å². The number of anilines is 3. The molecule has 2 aromatic heterocycles. The van der Waals surface area contributed by atoms with E-state index in [2.05, 4.69) is 30.9 Å². The molecule has 1 unspecified atom stereocenters. The maximum Gasteiger partial charge on any atom is 0.421 e. The fraction of sp³-hybridized carbons (Fsp3) is 0.391. The maximum atomic E-state index is 13.7. The van der Waals surface area contributed by atoms with Crippen molar-refractivity contribution in [1.82, 2.24) is 20.3 Å². The van der Waals surface area contributed by atoms with Crippen LogP contribution in [0.3, 0.4) is 0 Å². The van der Waals surface area contributed by atoms with E-state index in [0.29, 0.717) is 23.9 Å². The molecule has 2 aromatic rings. The normalized spacial score (nSPS) is 17.6. The van der Waals surface area contributed by atoms with Crippen LogP contribution in [-0.2, 0) is 27.5 Å². The maximum absolute atomic E-state index is 13.7. The summed E-state index contributed by atoms with van der Waals surface area (Å²) in [4.78, 5) is 24.3. The van der Waals surface area contributed by atoms with Crippen molar-refractivity contribution in [3.05, 3.63) is 59.6 Å². The zero-order valence-electron chi connectivity index (χ0n) is 20.1. The Kier molecular flexibility index (Phi) is 7.39. The number of nitrogens with one attached hydrogen (secondary N) is 3. The van der Waals surface area contributed by atoms with Crippen molar-refractivity contribution in [2.45, 2.75) is 38.0 Å². The molecule has 2 heterocycles. The molecule has 14 heteroatoms. The smallest absolute Gasteiger partial charge is 0.365 e. The van der Waals surface area contributed by atoms with Crippen LogP contribution in [0.15, 0.2) is 48.5 Å². The lowest BCUT2D eigenvalue weighted by molar-refractivity contribution is -0.137. The van der Waals surface area contributed by atoms with Gasteiger partial charge in [-0.1, -0.05) is 12.1 Å². The fourth-order valence-corrected chi connectivity index (χ4v) is 4.06. The molecule has 0 aromatic carbocycles. The zero-order valence-corrected chi connectivity index (χ0v) is 20.9. The number of carbonyl (C=O) groups excluding carboxylic acids is 1. The second-order valence-electron chi connectivity index (χ2n) is 8.80. The van der Waals surface area contributed by atoms with Gasteiger partial charge in [-0.05, 0) is 37.5 Å². The third-order valence-electron chi connectivity index (χ3n) is 5.79. The topological polar surface area (TPSA) is 129 Å². The molecule has 2 aliphatic carbocycles. The minimum Gasteiger partial charge on any atom is -0.365 e. The number of alkyl halides is 3. The number of hydrogen-bond donors (Lipinski definition) is 3. The highest BCUT2D eigenvalue weighted by atomic mass is 32.2. The summed E-state index contributed by atoms with van der Waals surface area (Å²) in [5, 5.41) is 8.45. The van der Waals surface area contributed by atoms with E-state index >= 15 is 0 Å². The molecule has 1 atom stereocenters. The molecule has 4 rings (SSSR count). The Hall–Kier alpha value is -3.68.